The maximum Gasteiger partial charge on any atom is 0.227 e. The van der Waals surface area contributed by atoms with E-state index >= 15 is 0 Å². The van der Waals surface area contributed by atoms with Gasteiger partial charge in [-0.2, -0.15) is 0 Å². The van der Waals surface area contributed by atoms with Crippen LogP contribution in [0, 0.1) is 5.92 Å². The molecule has 0 unspecified atom stereocenters. The van der Waals surface area contributed by atoms with Crippen molar-refractivity contribution < 1.29 is 14.2 Å². The highest BCUT2D eigenvalue weighted by Crippen LogP contribution is 2.40. The minimum Gasteiger partial charge on any atom is -0.494 e. The lowest BCUT2D eigenvalue weighted by Gasteiger charge is -2.31. The maximum atomic E-state index is 6.34. The molecule has 2 heterocycles. The Morgan fingerprint density at radius 3 is 2.53 bits per heavy atom. The Morgan fingerprint density at radius 2 is 1.83 bits per heavy atom. The molecule has 1 aliphatic heterocycles. The van der Waals surface area contributed by atoms with E-state index in [-0.39, 0.29) is 0 Å². The molecule has 4 rings (SSSR count). The molecular formula is C22H31N5O3. The lowest BCUT2D eigenvalue weighted by atomic mass is 9.87. The predicted octanol–water partition coefficient (Wildman–Crippen LogP) is 2.96. The molecule has 2 aliphatic rings. The van der Waals surface area contributed by atoms with E-state index in [1.54, 1.807) is 25.6 Å². The van der Waals surface area contributed by atoms with Crippen LogP contribution in [-0.4, -0.2) is 56.0 Å². The van der Waals surface area contributed by atoms with Crippen LogP contribution < -0.4 is 25.4 Å². The largest absolute Gasteiger partial charge is 0.494 e. The summed E-state index contributed by atoms with van der Waals surface area (Å²) in [5.41, 5.74) is 7.86. The third kappa shape index (κ3) is 5.12. The summed E-state index contributed by atoms with van der Waals surface area (Å²) in [5.74, 6) is 2.61. The van der Waals surface area contributed by atoms with Gasteiger partial charge in [-0.3, -0.25) is 0 Å². The SMILES string of the molecule is COc1cc(Nc2ncccn2)c(OCC2CCC(N)CC2)cc1N1CCOCC1. The number of hydrogen-bond acceptors (Lipinski definition) is 8. The Hall–Kier alpha value is -2.58. The average Bonchev–Trinajstić information content (AvgIpc) is 2.80. The first-order chi connectivity index (χ1) is 14.7. The summed E-state index contributed by atoms with van der Waals surface area (Å²) >= 11 is 0. The maximum absolute atomic E-state index is 6.34. The molecule has 162 valence electrons. The molecule has 3 N–H and O–H groups in total. The van der Waals surface area contributed by atoms with Crippen molar-refractivity contribution in [2.75, 3.05) is 50.2 Å². The summed E-state index contributed by atoms with van der Waals surface area (Å²) in [6.45, 7) is 3.74. The molecule has 30 heavy (non-hydrogen) atoms. The zero-order chi connectivity index (χ0) is 20.8. The van der Waals surface area contributed by atoms with Crippen LogP contribution in [-0.2, 0) is 4.74 Å². The molecule has 8 nitrogen and oxygen atoms in total. The smallest absolute Gasteiger partial charge is 0.227 e. The molecule has 0 amide bonds. The number of aromatic nitrogens is 2. The molecule has 1 saturated carbocycles. The standard InChI is InChI=1S/C22H31N5O3/c1-28-21-13-18(26-22-24-7-2-8-25-22)20(14-19(21)27-9-11-29-12-10-27)30-15-16-3-5-17(23)6-4-16/h2,7-8,13-14,16-17H,3-6,9-12,15,23H2,1H3,(H,24,25,26). The number of rotatable bonds is 7. The van der Waals surface area contributed by atoms with Crippen molar-refractivity contribution in [1.29, 1.82) is 0 Å². The van der Waals surface area contributed by atoms with Gasteiger partial charge in [-0.15, -0.1) is 0 Å². The summed E-state index contributed by atoms with van der Waals surface area (Å²) in [7, 11) is 1.69. The summed E-state index contributed by atoms with van der Waals surface area (Å²) < 4.78 is 17.6. The molecule has 2 aromatic rings. The van der Waals surface area contributed by atoms with Gasteiger partial charge in [0.1, 0.15) is 11.5 Å². The minimum absolute atomic E-state index is 0.336. The predicted molar refractivity (Wildman–Crippen MR) is 117 cm³/mol. The van der Waals surface area contributed by atoms with E-state index in [0.29, 0.717) is 37.7 Å². The number of nitrogens with zero attached hydrogens (tertiary/aromatic N) is 3. The Kier molecular flexibility index (Phi) is 6.86. The first kappa shape index (κ1) is 20.7. The molecule has 2 fully saturated rings. The van der Waals surface area contributed by atoms with Crippen molar-refractivity contribution in [2.24, 2.45) is 11.7 Å². The first-order valence-corrected chi connectivity index (χ1v) is 10.7. The molecule has 0 spiro atoms. The zero-order valence-corrected chi connectivity index (χ0v) is 17.5. The van der Waals surface area contributed by atoms with Gasteiger partial charge >= 0.3 is 0 Å². The lowest BCUT2D eigenvalue weighted by Crippen LogP contribution is -2.36. The third-order valence-corrected chi connectivity index (χ3v) is 5.81. The summed E-state index contributed by atoms with van der Waals surface area (Å²) in [4.78, 5) is 10.8. The first-order valence-electron chi connectivity index (χ1n) is 10.7. The number of nitrogens with one attached hydrogen (secondary N) is 1. The van der Waals surface area contributed by atoms with Crippen LogP contribution in [0.4, 0.5) is 17.3 Å². The van der Waals surface area contributed by atoms with Gasteiger partial charge in [0, 0.05) is 43.7 Å². The monoisotopic (exact) mass is 413 g/mol. The van der Waals surface area contributed by atoms with Crippen molar-refractivity contribution in [3.05, 3.63) is 30.6 Å². The molecule has 8 heteroatoms. The molecule has 1 aliphatic carbocycles. The van der Waals surface area contributed by atoms with Gasteiger partial charge < -0.3 is 30.2 Å². The number of anilines is 3. The normalized spacial score (nSPS) is 21.9. The van der Waals surface area contributed by atoms with Gasteiger partial charge in [0.2, 0.25) is 5.95 Å². The molecule has 1 aromatic heterocycles. The van der Waals surface area contributed by atoms with Crippen LogP contribution in [0.5, 0.6) is 11.5 Å². The number of morpholine rings is 1. The third-order valence-electron chi connectivity index (χ3n) is 5.81. The highest BCUT2D eigenvalue weighted by Gasteiger charge is 2.22. The van der Waals surface area contributed by atoms with Crippen LogP contribution in [0.15, 0.2) is 30.6 Å². The second-order valence-corrected chi connectivity index (χ2v) is 7.91. The average molecular weight is 414 g/mol. The molecule has 0 atom stereocenters. The highest BCUT2D eigenvalue weighted by molar-refractivity contribution is 5.74. The number of methoxy groups -OCH3 is 1. The summed E-state index contributed by atoms with van der Waals surface area (Å²) in [6, 6.07) is 6.15. The van der Waals surface area contributed by atoms with Gasteiger partial charge in [0.05, 0.1) is 38.3 Å². The number of nitrogens with two attached hydrogens (primary N) is 1. The molecule has 1 aromatic carbocycles. The van der Waals surface area contributed by atoms with E-state index in [1.165, 1.54) is 0 Å². The number of hydrogen-bond donors (Lipinski definition) is 2. The van der Waals surface area contributed by atoms with Crippen LogP contribution in [0.1, 0.15) is 25.7 Å². The van der Waals surface area contributed by atoms with Gasteiger partial charge in [-0.25, -0.2) is 9.97 Å². The fraction of sp³-hybridized carbons (Fsp3) is 0.545. The second kappa shape index (κ2) is 9.95. The Morgan fingerprint density at radius 1 is 1.10 bits per heavy atom. The Balaban J connectivity index is 1.59. The Bertz CT molecular complexity index is 806. The van der Waals surface area contributed by atoms with Crippen LogP contribution in [0.2, 0.25) is 0 Å². The lowest BCUT2D eigenvalue weighted by molar-refractivity contribution is 0.122. The van der Waals surface area contributed by atoms with Crippen molar-refractivity contribution >= 4 is 17.3 Å². The van der Waals surface area contributed by atoms with Crippen LogP contribution >= 0.6 is 0 Å². The second-order valence-electron chi connectivity index (χ2n) is 7.91. The summed E-state index contributed by atoms with van der Waals surface area (Å²) in [5, 5.41) is 3.28. The molecule has 1 saturated heterocycles. The zero-order valence-electron chi connectivity index (χ0n) is 17.5. The van der Waals surface area contributed by atoms with Crippen molar-refractivity contribution in [1.82, 2.24) is 9.97 Å². The molecular weight excluding hydrogens is 382 g/mol. The minimum atomic E-state index is 0.336. The van der Waals surface area contributed by atoms with Crippen molar-refractivity contribution in [3.63, 3.8) is 0 Å². The van der Waals surface area contributed by atoms with E-state index in [9.17, 15) is 0 Å². The number of benzene rings is 1. The molecule has 0 bridgehead atoms. The van der Waals surface area contributed by atoms with Crippen LogP contribution in [0.3, 0.4) is 0 Å². The van der Waals surface area contributed by atoms with E-state index < -0.39 is 0 Å². The van der Waals surface area contributed by atoms with Crippen LogP contribution in [0.25, 0.3) is 0 Å². The fourth-order valence-electron chi connectivity index (χ4n) is 4.03. The van der Waals surface area contributed by atoms with Crippen molar-refractivity contribution in [2.45, 2.75) is 31.7 Å². The van der Waals surface area contributed by atoms with Gasteiger partial charge in [0.25, 0.3) is 0 Å². The van der Waals surface area contributed by atoms with Gasteiger partial charge in [-0.05, 0) is 37.7 Å². The summed E-state index contributed by atoms with van der Waals surface area (Å²) in [6.07, 6.45) is 7.77. The van der Waals surface area contributed by atoms with Gasteiger partial charge in [0.15, 0.2) is 0 Å². The highest BCUT2D eigenvalue weighted by atomic mass is 16.5. The van der Waals surface area contributed by atoms with E-state index in [0.717, 1.165) is 61.6 Å². The fourth-order valence-corrected chi connectivity index (χ4v) is 4.03. The van der Waals surface area contributed by atoms with Gasteiger partial charge in [-0.1, -0.05) is 0 Å². The van der Waals surface area contributed by atoms with E-state index in [2.05, 4.69) is 26.3 Å². The topological polar surface area (TPSA) is 94.8 Å². The number of ether oxygens (including phenoxy) is 3. The Labute approximate surface area is 177 Å². The molecule has 0 radical (unpaired) electrons. The van der Waals surface area contributed by atoms with E-state index in [1.807, 2.05) is 6.07 Å². The van der Waals surface area contributed by atoms with E-state index in [4.69, 9.17) is 19.9 Å². The van der Waals surface area contributed by atoms with Crippen molar-refractivity contribution in [3.8, 4) is 11.5 Å². The quantitative estimate of drug-likeness (QED) is 0.715.